The van der Waals surface area contributed by atoms with E-state index in [1.54, 1.807) is 19.1 Å². The summed E-state index contributed by atoms with van der Waals surface area (Å²) in [4.78, 5) is 26.9. The Bertz CT molecular complexity index is 458. The van der Waals surface area contributed by atoms with Gasteiger partial charge in [0.25, 0.3) is 5.91 Å². The van der Waals surface area contributed by atoms with Gasteiger partial charge in [0, 0.05) is 31.8 Å². The zero-order valence-electron chi connectivity index (χ0n) is 12.8. The normalized spacial score (nSPS) is 10.3. The summed E-state index contributed by atoms with van der Waals surface area (Å²) in [6.45, 7) is 7.29. The quantitative estimate of drug-likeness (QED) is 0.709. The summed E-state index contributed by atoms with van der Waals surface area (Å²) in [6, 6.07) is 3.35. The molecule has 2 amide bonds. The van der Waals surface area contributed by atoms with Crippen molar-refractivity contribution in [3.63, 3.8) is 0 Å². The van der Waals surface area contributed by atoms with Crippen molar-refractivity contribution in [2.45, 2.75) is 27.2 Å². The van der Waals surface area contributed by atoms with Gasteiger partial charge in [-0.3, -0.25) is 9.59 Å². The molecule has 0 aromatic carbocycles. The monoisotopic (exact) mass is 293 g/mol. The second-order valence-corrected chi connectivity index (χ2v) is 5.05. The molecule has 21 heavy (non-hydrogen) atoms. The van der Waals surface area contributed by atoms with Gasteiger partial charge in [-0.05, 0) is 12.0 Å². The molecule has 0 radical (unpaired) electrons. The van der Waals surface area contributed by atoms with Crippen LogP contribution < -0.4 is 15.4 Å². The molecule has 1 aromatic rings. The predicted molar refractivity (Wildman–Crippen MR) is 80.2 cm³/mol. The highest BCUT2D eigenvalue weighted by molar-refractivity contribution is 5.93. The Morgan fingerprint density at radius 2 is 1.95 bits per heavy atom. The molecule has 0 atom stereocenters. The maximum Gasteiger partial charge on any atom is 0.252 e. The summed E-state index contributed by atoms with van der Waals surface area (Å²) in [6.07, 6.45) is 1.92. The predicted octanol–water partition coefficient (Wildman–Crippen LogP) is 1.37. The van der Waals surface area contributed by atoms with Gasteiger partial charge in [0.2, 0.25) is 11.8 Å². The Morgan fingerprint density at radius 3 is 2.52 bits per heavy atom. The van der Waals surface area contributed by atoms with Crippen LogP contribution in [-0.4, -0.2) is 36.5 Å². The second-order valence-electron chi connectivity index (χ2n) is 5.05. The number of rotatable bonds is 8. The first-order valence-electron chi connectivity index (χ1n) is 7.16. The summed E-state index contributed by atoms with van der Waals surface area (Å²) in [5.41, 5.74) is 0.466. The summed E-state index contributed by atoms with van der Waals surface area (Å²) >= 11 is 0. The number of carbonyl (C=O) groups excluding carboxylic acids is 2. The van der Waals surface area contributed by atoms with Gasteiger partial charge >= 0.3 is 0 Å². The van der Waals surface area contributed by atoms with Gasteiger partial charge in [-0.15, -0.1) is 0 Å². The first-order valence-corrected chi connectivity index (χ1v) is 7.16. The number of ether oxygens (including phenoxy) is 1. The zero-order chi connectivity index (χ0) is 15.7. The fourth-order valence-corrected chi connectivity index (χ4v) is 1.46. The summed E-state index contributed by atoms with van der Waals surface area (Å²) < 4.78 is 5.45. The minimum atomic E-state index is -0.219. The first-order chi connectivity index (χ1) is 10.0. The molecule has 2 N–H and O–H groups in total. The molecule has 1 aromatic heterocycles. The van der Waals surface area contributed by atoms with Crippen LogP contribution in [0.3, 0.4) is 0 Å². The largest absolute Gasteiger partial charge is 0.477 e. The van der Waals surface area contributed by atoms with Crippen LogP contribution in [0.4, 0.5) is 0 Å². The SMILES string of the molecule is CCC(=O)NCCNC(=O)c1ccc(OCC(C)C)nc1. The van der Waals surface area contributed by atoms with Crippen molar-refractivity contribution in [3.05, 3.63) is 23.9 Å². The molecule has 0 fully saturated rings. The van der Waals surface area contributed by atoms with Crippen molar-refractivity contribution in [2.24, 2.45) is 5.92 Å². The first kappa shape index (κ1) is 16.9. The van der Waals surface area contributed by atoms with Crippen molar-refractivity contribution >= 4 is 11.8 Å². The fraction of sp³-hybridized carbons (Fsp3) is 0.533. The van der Waals surface area contributed by atoms with Crippen LogP contribution in [0.2, 0.25) is 0 Å². The molecule has 6 nitrogen and oxygen atoms in total. The molecular weight excluding hydrogens is 270 g/mol. The number of pyridine rings is 1. The lowest BCUT2D eigenvalue weighted by molar-refractivity contribution is -0.120. The van der Waals surface area contributed by atoms with Gasteiger partial charge in [-0.2, -0.15) is 0 Å². The molecular formula is C15H23N3O3. The molecule has 0 unspecified atom stereocenters. The van der Waals surface area contributed by atoms with E-state index < -0.39 is 0 Å². The van der Waals surface area contributed by atoms with Crippen LogP contribution >= 0.6 is 0 Å². The molecule has 0 saturated heterocycles. The average Bonchev–Trinajstić information content (AvgIpc) is 2.49. The smallest absolute Gasteiger partial charge is 0.252 e. The molecule has 0 bridgehead atoms. The van der Waals surface area contributed by atoms with E-state index in [0.717, 1.165) is 0 Å². The molecule has 116 valence electrons. The van der Waals surface area contributed by atoms with E-state index in [0.29, 0.717) is 43.5 Å². The molecule has 6 heteroatoms. The highest BCUT2D eigenvalue weighted by Gasteiger charge is 2.06. The van der Waals surface area contributed by atoms with E-state index in [2.05, 4.69) is 29.5 Å². The number of aromatic nitrogens is 1. The third-order valence-corrected chi connectivity index (χ3v) is 2.62. The Morgan fingerprint density at radius 1 is 1.24 bits per heavy atom. The van der Waals surface area contributed by atoms with E-state index in [9.17, 15) is 9.59 Å². The molecule has 0 saturated carbocycles. The Hall–Kier alpha value is -2.11. The van der Waals surface area contributed by atoms with Gasteiger partial charge in [0.1, 0.15) is 0 Å². The zero-order valence-corrected chi connectivity index (χ0v) is 12.8. The van der Waals surface area contributed by atoms with E-state index in [4.69, 9.17) is 4.74 Å². The maximum absolute atomic E-state index is 11.8. The molecule has 0 aliphatic rings. The van der Waals surface area contributed by atoms with Gasteiger partial charge in [-0.1, -0.05) is 20.8 Å². The number of hydrogen-bond donors (Lipinski definition) is 2. The molecule has 0 spiro atoms. The van der Waals surface area contributed by atoms with E-state index in [1.165, 1.54) is 6.20 Å². The lowest BCUT2D eigenvalue weighted by atomic mass is 10.2. The number of nitrogens with one attached hydrogen (secondary N) is 2. The van der Waals surface area contributed by atoms with E-state index in [-0.39, 0.29) is 11.8 Å². The van der Waals surface area contributed by atoms with Gasteiger partial charge in [-0.25, -0.2) is 4.98 Å². The second kappa shape index (κ2) is 8.94. The third kappa shape index (κ3) is 6.74. The van der Waals surface area contributed by atoms with Crippen molar-refractivity contribution in [2.75, 3.05) is 19.7 Å². The lowest BCUT2D eigenvalue weighted by Crippen LogP contribution is -2.34. The molecule has 0 aliphatic carbocycles. The van der Waals surface area contributed by atoms with Crippen LogP contribution in [0, 0.1) is 5.92 Å². The van der Waals surface area contributed by atoms with E-state index in [1.807, 2.05) is 0 Å². The number of amides is 2. The minimum absolute atomic E-state index is 0.0300. The maximum atomic E-state index is 11.8. The Kier molecular flexibility index (Phi) is 7.21. The highest BCUT2D eigenvalue weighted by atomic mass is 16.5. The number of carbonyl (C=O) groups is 2. The Balaban J connectivity index is 2.35. The van der Waals surface area contributed by atoms with Crippen LogP contribution in [0.15, 0.2) is 18.3 Å². The highest BCUT2D eigenvalue weighted by Crippen LogP contribution is 2.08. The average molecular weight is 293 g/mol. The number of hydrogen-bond acceptors (Lipinski definition) is 4. The summed E-state index contributed by atoms with van der Waals surface area (Å²) in [7, 11) is 0. The van der Waals surface area contributed by atoms with Gasteiger partial charge in [0.15, 0.2) is 0 Å². The molecule has 1 rings (SSSR count). The standard InChI is InChI=1S/C15H23N3O3/c1-4-13(19)16-7-8-17-15(20)12-5-6-14(18-9-12)21-10-11(2)3/h5-6,9,11H,4,7-8,10H2,1-3H3,(H,16,19)(H,17,20). The third-order valence-electron chi connectivity index (χ3n) is 2.62. The fourth-order valence-electron chi connectivity index (χ4n) is 1.46. The van der Waals surface area contributed by atoms with Crippen molar-refractivity contribution in [1.82, 2.24) is 15.6 Å². The van der Waals surface area contributed by atoms with Crippen LogP contribution in [0.5, 0.6) is 5.88 Å². The minimum Gasteiger partial charge on any atom is -0.477 e. The van der Waals surface area contributed by atoms with Gasteiger partial charge in [0.05, 0.1) is 12.2 Å². The topological polar surface area (TPSA) is 80.3 Å². The molecule has 0 aliphatic heterocycles. The summed E-state index contributed by atoms with van der Waals surface area (Å²) in [5.74, 6) is 0.685. The molecule has 1 heterocycles. The van der Waals surface area contributed by atoms with E-state index >= 15 is 0 Å². The summed E-state index contributed by atoms with van der Waals surface area (Å²) in [5, 5.41) is 5.40. The number of nitrogens with zero attached hydrogens (tertiary/aromatic N) is 1. The van der Waals surface area contributed by atoms with Crippen LogP contribution in [0.1, 0.15) is 37.6 Å². The Labute approximate surface area is 125 Å². The van der Waals surface area contributed by atoms with Crippen molar-refractivity contribution < 1.29 is 14.3 Å². The van der Waals surface area contributed by atoms with Crippen LogP contribution in [-0.2, 0) is 4.79 Å². The van der Waals surface area contributed by atoms with Crippen LogP contribution in [0.25, 0.3) is 0 Å². The van der Waals surface area contributed by atoms with Crippen molar-refractivity contribution in [1.29, 1.82) is 0 Å². The van der Waals surface area contributed by atoms with Crippen molar-refractivity contribution in [3.8, 4) is 5.88 Å². The lowest BCUT2D eigenvalue weighted by Gasteiger charge is -2.09. The van der Waals surface area contributed by atoms with Gasteiger partial charge < -0.3 is 15.4 Å².